The molecule has 1 N–H and O–H groups in total. The molecule has 112 valence electrons. The molecule has 0 spiro atoms. The Morgan fingerprint density at radius 3 is 2.62 bits per heavy atom. The van der Waals surface area contributed by atoms with Crippen LogP contribution in [0.15, 0.2) is 47.4 Å². The molecule has 4 heteroatoms. The fourth-order valence-corrected chi connectivity index (χ4v) is 3.01. The molecule has 0 radical (unpaired) electrons. The second kappa shape index (κ2) is 7.48. The molecule has 0 heterocycles. The van der Waals surface area contributed by atoms with E-state index >= 15 is 0 Å². The molecule has 0 aliphatic heterocycles. The maximum atomic E-state index is 14.0. The van der Waals surface area contributed by atoms with Crippen LogP contribution in [0.3, 0.4) is 0 Å². The van der Waals surface area contributed by atoms with Crippen LogP contribution in [-0.2, 0) is 0 Å². The van der Waals surface area contributed by atoms with Crippen LogP contribution in [0.5, 0.6) is 5.75 Å². The van der Waals surface area contributed by atoms with Crippen molar-refractivity contribution in [2.45, 2.75) is 17.9 Å². The van der Waals surface area contributed by atoms with Crippen LogP contribution in [0, 0.1) is 5.82 Å². The van der Waals surface area contributed by atoms with Gasteiger partial charge in [0.15, 0.2) is 11.6 Å². The Bertz CT molecular complexity index is 603. The maximum Gasteiger partial charge on any atom is 0.165 e. The van der Waals surface area contributed by atoms with Crippen molar-refractivity contribution in [2.75, 3.05) is 19.9 Å². The summed E-state index contributed by atoms with van der Waals surface area (Å²) < 4.78 is 19.0. The third-order valence-corrected chi connectivity index (χ3v) is 4.18. The van der Waals surface area contributed by atoms with Crippen molar-refractivity contribution in [3.05, 3.63) is 59.4 Å². The van der Waals surface area contributed by atoms with Gasteiger partial charge in [0.2, 0.25) is 0 Å². The molecule has 1 atom stereocenters. The highest BCUT2D eigenvalue weighted by atomic mass is 32.2. The Morgan fingerprint density at radius 1 is 1.24 bits per heavy atom. The van der Waals surface area contributed by atoms with Crippen LogP contribution in [0.1, 0.15) is 24.1 Å². The molecule has 0 aromatic heterocycles. The van der Waals surface area contributed by atoms with Gasteiger partial charge in [0.1, 0.15) is 0 Å². The van der Waals surface area contributed by atoms with Gasteiger partial charge in [0, 0.05) is 4.90 Å². The van der Waals surface area contributed by atoms with Gasteiger partial charge < -0.3 is 10.1 Å². The van der Waals surface area contributed by atoms with E-state index in [1.165, 1.54) is 12.0 Å². The lowest BCUT2D eigenvalue weighted by Crippen LogP contribution is -2.22. The zero-order valence-corrected chi connectivity index (χ0v) is 13.3. The summed E-state index contributed by atoms with van der Waals surface area (Å²) in [5.74, 6) is -0.0633. The van der Waals surface area contributed by atoms with Crippen molar-refractivity contribution < 1.29 is 9.13 Å². The summed E-state index contributed by atoms with van der Waals surface area (Å²) in [5.41, 5.74) is 2.06. The van der Waals surface area contributed by atoms with Gasteiger partial charge in [-0.3, -0.25) is 0 Å². The molecular weight excluding hydrogens is 285 g/mol. The van der Waals surface area contributed by atoms with Crippen LogP contribution in [0.25, 0.3) is 0 Å². The Labute approximate surface area is 129 Å². The lowest BCUT2D eigenvalue weighted by Gasteiger charge is -2.21. The second-order valence-corrected chi connectivity index (χ2v) is 5.47. The van der Waals surface area contributed by atoms with Gasteiger partial charge in [-0.15, -0.1) is 11.8 Å². The van der Waals surface area contributed by atoms with E-state index in [0.717, 1.165) is 17.7 Å². The number of hydrogen-bond donors (Lipinski definition) is 1. The first kappa shape index (κ1) is 15.9. The first-order chi connectivity index (χ1) is 10.2. The van der Waals surface area contributed by atoms with E-state index in [9.17, 15) is 4.39 Å². The number of thioether (sulfide) groups is 1. The molecule has 0 fully saturated rings. The number of rotatable bonds is 6. The summed E-state index contributed by atoms with van der Waals surface area (Å²) in [6.07, 6.45) is 2.05. The van der Waals surface area contributed by atoms with Gasteiger partial charge in [0.25, 0.3) is 0 Å². The number of benzene rings is 2. The Morgan fingerprint density at radius 2 is 2.00 bits per heavy atom. The van der Waals surface area contributed by atoms with Crippen molar-refractivity contribution in [2.24, 2.45) is 0 Å². The molecule has 21 heavy (non-hydrogen) atoms. The number of halogens is 1. The summed E-state index contributed by atoms with van der Waals surface area (Å²) in [5, 5.41) is 3.43. The molecule has 1 unspecified atom stereocenters. The van der Waals surface area contributed by atoms with Crippen LogP contribution < -0.4 is 10.1 Å². The summed E-state index contributed by atoms with van der Waals surface area (Å²) in [6.45, 7) is 2.86. The van der Waals surface area contributed by atoms with Gasteiger partial charge in [-0.1, -0.05) is 31.2 Å². The summed E-state index contributed by atoms with van der Waals surface area (Å²) in [4.78, 5) is 1.19. The minimum atomic E-state index is -0.334. The SMILES string of the molecule is CCNC(c1ccc(OC)c(F)c1)c1ccccc1SC. The lowest BCUT2D eigenvalue weighted by molar-refractivity contribution is 0.385. The predicted molar refractivity (Wildman–Crippen MR) is 86.7 cm³/mol. The van der Waals surface area contributed by atoms with Crippen molar-refractivity contribution in [3.8, 4) is 5.75 Å². The summed E-state index contributed by atoms with van der Waals surface area (Å²) in [7, 11) is 1.48. The predicted octanol–water partition coefficient (Wildman–Crippen LogP) is 4.26. The smallest absolute Gasteiger partial charge is 0.165 e. The maximum absolute atomic E-state index is 14.0. The van der Waals surface area contributed by atoms with Gasteiger partial charge in [0.05, 0.1) is 13.2 Å². The zero-order chi connectivity index (χ0) is 15.2. The average Bonchev–Trinajstić information content (AvgIpc) is 2.52. The standard InChI is InChI=1S/C17H20FNOS/c1-4-19-17(13-7-5-6-8-16(13)21-3)12-9-10-15(20-2)14(18)11-12/h5-11,17,19H,4H2,1-3H3. The third kappa shape index (κ3) is 3.57. The van der Waals surface area contributed by atoms with Gasteiger partial charge in [-0.05, 0) is 42.1 Å². The van der Waals surface area contributed by atoms with Crippen molar-refractivity contribution >= 4 is 11.8 Å². The Kier molecular flexibility index (Phi) is 5.65. The lowest BCUT2D eigenvalue weighted by atomic mass is 9.98. The minimum Gasteiger partial charge on any atom is -0.494 e. The number of nitrogens with one attached hydrogen (secondary N) is 1. The first-order valence-corrected chi connectivity index (χ1v) is 8.13. The average molecular weight is 305 g/mol. The molecule has 2 aromatic rings. The van der Waals surface area contributed by atoms with E-state index in [1.807, 2.05) is 18.2 Å². The highest BCUT2D eigenvalue weighted by Crippen LogP contribution is 2.31. The fourth-order valence-electron chi connectivity index (χ4n) is 2.38. The Hall–Kier alpha value is -1.52. The highest BCUT2D eigenvalue weighted by Gasteiger charge is 2.17. The number of methoxy groups -OCH3 is 1. The molecule has 0 saturated heterocycles. The minimum absolute atomic E-state index is 0.0287. The van der Waals surface area contributed by atoms with E-state index in [2.05, 4.69) is 30.6 Å². The molecule has 0 saturated carbocycles. The van der Waals surface area contributed by atoms with E-state index in [-0.39, 0.29) is 17.6 Å². The van der Waals surface area contributed by atoms with E-state index in [4.69, 9.17) is 4.74 Å². The van der Waals surface area contributed by atoms with Crippen molar-refractivity contribution in [1.29, 1.82) is 0 Å². The van der Waals surface area contributed by atoms with E-state index < -0.39 is 0 Å². The molecule has 2 aromatic carbocycles. The summed E-state index contributed by atoms with van der Waals surface area (Å²) in [6, 6.07) is 13.3. The second-order valence-electron chi connectivity index (χ2n) is 4.63. The zero-order valence-electron chi connectivity index (χ0n) is 12.5. The van der Waals surface area contributed by atoms with Gasteiger partial charge >= 0.3 is 0 Å². The molecule has 0 amide bonds. The third-order valence-electron chi connectivity index (χ3n) is 3.37. The van der Waals surface area contributed by atoms with Crippen LogP contribution in [-0.4, -0.2) is 19.9 Å². The molecular formula is C17H20FNOS. The Balaban J connectivity index is 2.45. The first-order valence-electron chi connectivity index (χ1n) is 6.91. The van der Waals surface area contributed by atoms with Crippen LogP contribution >= 0.6 is 11.8 Å². The largest absolute Gasteiger partial charge is 0.494 e. The van der Waals surface area contributed by atoms with Crippen molar-refractivity contribution in [3.63, 3.8) is 0 Å². The molecule has 0 aliphatic carbocycles. The van der Waals surface area contributed by atoms with Crippen molar-refractivity contribution in [1.82, 2.24) is 5.32 Å². The number of hydrogen-bond acceptors (Lipinski definition) is 3. The molecule has 0 aliphatic rings. The topological polar surface area (TPSA) is 21.3 Å². The monoisotopic (exact) mass is 305 g/mol. The fraction of sp³-hybridized carbons (Fsp3) is 0.294. The molecule has 0 bridgehead atoms. The van der Waals surface area contributed by atoms with Crippen LogP contribution in [0.2, 0.25) is 0 Å². The number of ether oxygens (including phenoxy) is 1. The molecule has 2 nitrogen and oxygen atoms in total. The van der Waals surface area contributed by atoms with Gasteiger partial charge in [-0.25, -0.2) is 4.39 Å². The molecule has 2 rings (SSSR count). The van der Waals surface area contributed by atoms with E-state index in [1.54, 1.807) is 23.9 Å². The quantitative estimate of drug-likeness (QED) is 0.806. The van der Waals surface area contributed by atoms with Gasteiger partial charge in [-0.2, -0.15) is 0 Å². The van der Waals surface area contributed by atoms with Crippen LogP contribution in [0.4, 0.5) is 4.39 Å². The van der Waals surface area contributed by atoms with E-state index in [0.29, 0.717) is 0 Å². The summed E-state index contributed by atoms with van der Waals surface area (Å²) >= 11 is 1.70. The highest BCUT2D eigenvalue weighted by molar-refractivity contribution is 7.98. The normalized spacial score (nSPS) is 12.2.